The van der Waals surface area contributed by atoms with Crippen molar-refractivity contribution in [2.75, 3.05) is 6.61 Å². The number of hydrogen-bond acceptors (Lipinski definition) is 2. The topological polar surface area (TPSA) is 49.3 Å². The summed E-state index contributed by atoms with van der Waals surface area (Å²) in [4.78, 5) is 11.4. The Kier molecular flexibility index (Phi) is 2.93. The summed E-state index contributed by atoms with van der Waals surface area (Å²) in [5.41, 5.74) is 0.425. The average Bonchev–Trinajstić information content (AvgIpc) is 3.08. The van der Waals surface area contributed by atoms with Crippen LogP contribution in [0.1, 0.15) is 18.4 Å². The molecule has 0 atom stereocenters. The van der Waals surface area contributed by atoms with Crippen LogP contribution in [0.5, 0.6) is 0 Å². The van der Waals surface area contributed by atoms with Crippen molar-refractivity contribution in [2.24, 2.45) is 0 Å². The molecule has 1 aliphatic rings. The first kappa shape index (κ1) is 10.7. The first-order chi connectivity index (χ1) is 7.74. The summed E-state index contributed by atoms with van der Waals surface area (Å²) in [6, 6.07) is 9.34. The summed E-state index contributed by atoms with van der Waals surface area (Å²) in [5, 5.41) is 11.8. The van der Waals surface area contributed by atoms with Crippen LogP contribution in [0.3, 0.4) is 0 Å². The zero-order valence-corrected chi connectivity index (χ0v) is 8.86. The van der Waals surface area contributed by atoms with Crippen molar-refractivity contribution < 1.29 is 9.90 Å². The van der Waals surface area contributed by atoms with E-state index >= 15 is 0 Å². The van der Waals surface area contributed by atoms with Crippen molar-refractivity contribution in [1.82, 2.24) is 5.32 Å². The first-order valence-corrected chi connectivity index (χ1v) is 5.24. The van der Waals surface area contributed by atoms with Crippen molar-refractivity contribution in [2.45, 2.75) is 18.4 Å². The third kappa shape index (κ3) is 2.62. The van der Waals surface area contributed by atoms with Crippen LogP contribution < -0.4 is 5.32 Å². The predicted octanol–water partition coefficient (Wildman–Crippen LogP) is 0.679. The molecule has 1 aromatic rings. The Morgan fingerprint density at radius 1 is 1.38 bits per heavy atom. The molecule has 1 saturated carbocycles. The molecule has 16 heavy (non-hydrogen) atoms. The van der Waals surface area contributed by atoms with Crippen LogP contribution in [0.4, 0.5) is 0 Å². The molecule has 3 nitrogen and oxygen atoms in total. The van der Waals surface area contributed by atoms with Gasteiger partial charge in [0, 0.05) is 11.5 Å². The van der Waals surface area contributed by atoms with E-state index in [1.807, 2.05) is 30.3 Å². The van der Waals surface area contributed by atoms with Crippen LogP contribution in [0.2, 0.25) is 0 Å². The lowest BCUT2D eigenvalue weighted by Gasteiger charge is -2.10. The van der Waals surface area contributed by atoms with Gasteiger partial charge in [0.2, 0.25) is 0 Å². The smallest absolute Gasteiger partial charge is 0.296 e. The van der Waals surface area contributed by atoms with Crippen molar-refractivity contribution in [3.63, 3.8) is 0 Å². The second kappa shape index (κ2) is 4.38. The molecule has 0 spiro atoms. The fourth-order valence-electron chi connectivity index (χ4n) is 1.40. The number of hydrogen-bond donors (Lipinski definition) is 2. The van der Waals surface area contributed by atoms with E-state index in [4.69, 9.17) is 5.11 Å². The monoisotopic (exact) mass is 215 g/mol. The van der Waals surface area contributed by atoms with Crippen molar-refractivity contribution in [3.8, 4) is 11.8 Å². The van der Waals surface area contributed by atoms with Crippen molar-refractivity contribution >= 4 is 5.91 Å². The summed E-state index contributed by atoms with van der Waals surface area (Å²) in [5.74, 6) is 4.97. The van der Waals surface area contributed by atoms with Gasteiger partial charge in [0.1, 0.15) is 0 Å². The maximum Gasteiger partial charge on any atom is 0.296 e. The third-order valence-electron chi connectivity index (χ3n) is 2.63. The molecule has 2 rings (SSSR count). The highest BCUT2D eigenvalue weighted by atomic mass is 16.3. The normalized spacial score (nSPS) is 15.8. The summed E-state index contributed by atoms with van der Waals surface area (Å²) in [6.45, 7) is -0.00818. The molecule has 1 amide bonds. The third-order valence-corrected chi connectivity index (χ3v) is 2.63. The van der Waals surface area contributed by atoms with Crippen LogP contribution in [-0.4, -0.2) is 23.2 Å². The fraction of sp³-hybridized carbons (Fsp3) is 0.308. The van der Waals surface area contributed by atoms with Gasteiger partial charge in [-0.1, -0.05) is 24.1 Å². The zero-order chi connectivity index (χ0) is 11.4. The highest BCUT2D eigenvalue weighted by molar-refractivity contribution is 5.94. The highest BCUT2D eigenvalue weighted by Gasteiger charge is 2.43. The van der Waals surface area contributed by atoms with Crippen molar-refractivity contribution in [3.05, 3.63) is 35.9 Å². The van der Waals surface area contributed by atoms with Gasteiger partial charge in [0.25, 0.3) is 5.91 Å². The molecule has 0 aromatic heterocycles. The number of rotatable bonds is 2. The first-order valence-electron chi connectivity index (χ1n) is 5.24. The summed E-state index contributed by atoms with van der Waals surface area (Å²) >= 11 is 0. The molecule has 0 saturated heterocycles. The number of carbonyl (C=O) groups excluding carboxylic acids is 1. The SMILES string of the molecule is O=C(C#Cc1ccccc1)NC1(CO)CC1. The molecule has 1 fully saturated rings. The minimum absolute atomic E-state index is 0.00818. The number of carbonyl (C=O) groups is 1. The molecule has 2 N–H and O–H groups in total. The molecule has 0 heterocycles. The minimum atomic E-state index is -0.386. The quantitative estimate of drug-likeness (QED) is 0.713. The van der Waals surface area contributed by atoms with E-state index in [-0.39, 0.29) is 18.1 Å². The zero-order valence-electron chi connectivity index (χ0n) is 8.86. The second-order valence-corrected chi connectivity index (χ2v) is 4.01. The van der Waals surface area contributed by atoms with Crippen LogP contribution >= 0.6 is 0 Å². The Balaban J connectivity index is 1.95. The minimum Gasteiger partial charge on any atom is -0.394 e. The summed E-state index contributed by atoms with van der Waals surface area (Å²) in [6.07, 6.45) is 1.67. The van der Waals surface area contributed by atoms with Gasteiger partial charge in [-0.05, 0) is 25.0 Å². The maximum absolute atomic E-state index is 11.4. The fourth-order valence-corrected chi connectivity index (χ4v) is 1.40. The van der Waals surface area contributed by atoms with E-state index < -0.39 is 0 Å². The van der Waals surface area contributed by atoms with Crippen LogP contribution in [0.15, 0.2) is 30.3 Å². The van der Waals surface area contributed by atoms with Gasteiger partial charge in [-0.3, -0.25) is 4.79 Å². The van der Waals surface area contributed by atoms with Gasteiger partial charge in [0.15, 0.2) is 0 Å². The van der Waals surface area contributed by atoms with Gasteiger partial charge in [0.05, 0.1) is 12.1 Å². The van der Waals surface area contributed by atoms with E-state index in [1.165, 1.54) is 0 Å². The molecular weight excluding hydrogens is 202 g/mol. The number of aliphatic hydroxyl groups is 1. The lowest BCUT2D eigenvalue weighted by atomic mass is 10.2. The van der Waals surface area contributed by atoms with Crippen molar-refractivity contribution in [1.29, 1.82) is 0 Å². The van der Waals surface area contributed by atoms with E-state index in [1.54, 1.807) is 0 Å². The van der Waals surface area contributed by atoms with Gasteiger partial charge >= 0.3 is 0 Å². The number of aliphatic hydroxyl groups excluding tert-OH is 1. The van der Waals surface area contributed by atoms with E-state index in [9.17, 15) is 4.79 Å². The van der Waals surface area contributed by atoms with Gasteiger partial charge in [-0.25, -0.2) is 0 Å². The molecule has 1 aliphatic carbocycles. The highest BCUT2D eigenvalue weighted by Crippen LogP contribution is 2.34. The maximum atomic E-state index is 11.4. The molecule has 3 heteroatoms. The van der Waals surface area contributed by atoms with Gasteiger partial charge in [-0.15, -0.1) is 0 Å². The Bertz CT molecular complexity index is 438. The Morgan fingerprint density at radius 3 is 2.62 bits per heavy atom. The standard InChI is InChI=1S/C13H13NO2/c15-10-13(8-9-13)14-12(16)7-6-11-4-2-1-3-5-11/h1-5,15H,8-10H2,(H,14,16). The lowest BCUT2D eigenvalue weighted by Crippen LogP contribution is -2.38. The lowest BCUT2D eigenvalue weighted by molar-refractivity contribution is -0.116. The number of amides is 1. The molecule has 0 radical (unpaired) electrons. The van der Waals surface area contributed by atoms with Gasteiger partial charge < -0.3 is 10.4 Å². The molecule has 0 bridgehead atoms. The second-order valence-electron chi connectivity index (χ2n) is 4.01. The molecular formula is C13H13NO2. The van der Waals surface area contributed by atoms with E-state index in [0.717, 1.165) is 18.4 Å². The van der Waals surface area contributed by atoms with Gasteiger partial charge in [-0.2, -0.15) is 0 Å². The average molecular weight is 215 g/mol. The predicted molar refractivity (Wildman–Crippen MR) is 60.5 cm³/mol. The largest absolute Gasteiger partial charge is 0.394 e. The molecule has 0 unspecified atom stereocenters. The molecule has 82 valence electrons. The molecule has 1 aromatic carbocycles. The number of benzene rings is 1. The Hall–Kier alpha value is -1.79. The van der Waals surface area contributed by atoms with Crippen LogP contribution in [-0.2, 0) is 4.79 Å². The van der Waals surface area contributed by atoms with E-state index in [2.05, 4.69) is 17.2 Å². The Labute approximate surface area is 94.5 Å². The number of nitrogens with one attached hydrogen (secondary N) is 1. The van der Waals surface area contributed by atoms with Crippen LogP contribution in [0, 0.1) is 11.8 Å². The van der Waals surface area contributed by atoms with E-state index in [0.29, 0.717) is 0 Å². The van der Waals surface area contributed by atoms with Crippen LogP contribution in [0.25, 0.3) is 0 Å². The Morgan fingerprint density at radius 2 is 2.06 bits per heavy atom. The summed E-state index contributed by atoms with van der Waals surface area (Å²) < 4.78 is 0. The molecule has 0 aliphatic heterocycles. The summed E-state index contributed by atoms with van der Waals surface area (Å²) in [7, 11) is 0.